The average Bonchev–Trinajstić information content (AvgIpc) is 2.40. The van der Waals surface area contributed by atoms with E-state index in [1.165, 1.54) is 12.1 Å². The molecule has 2 aromatic carbocycles. The fraction of sp³-hybridized carbons (Fsp3) is 0.188. The molecule has 20 heavy (non-hydrogen) atoms. The fourth-order valence-corrected chi connectivity index (χ4v) is 2.37. The lowest BCUT2D eigenvalue weighted by molar-refractivity contribution is -0.120. The molecule has 0 bridgehead atoms. The van der Waals surface area contributed by atoms with Crippen LogP contribution in [0.1, 0.15) is 11.1 Å². The molecular weight excluding hydrogens is 323 g/mol. The zero-order chi connectivity index (χ0) is 14.5. The highest BCUT2D eigenvalue weighted by molar-refractivity contribution is 9.10. The largest absolute Gasteiger partial charge is 0.485 e. The molecule has 0 atom stereocenters. The molecule has 0 aliphatic heterocycles. The molecule has 2 aromatic rings. The SMILES string of the molecule is Cc1ccc(OCC(=O)Cc2ccc(F)cc2)c(Br)c1. The van der Waals surface area contributed by atoms with Gasteiger partial charge < -0.3 is 4.74 Å². The van der Waals surface area contributed by atoms with Crippen molar-refractivity contribution in [1.29, 1.82) is 0 Å². The molecular formula is C16H14BrFO2. The number of hydrogen-bond acceptors (Lipinski definition) is 2. The van der Waals surface area contributed by atoms with Crippen molar-refractivity contribution in [2.24, 2.45) is 0 Å². The van der Waals surface area contributed by atoms with E-state index in [0.29, 0.717) is 5.75 Å². The third-order valence-electron chi connectivity index (χ3n) is 2.79. The number of aryl methyl sites for hydroxylation is 1. The second kappa shape index (κ2) is 6.66. The van der Waals surface area contributed by atoms with E-state index in [2.05, 4.69) is 15.9 Å². The molecule has 0 radical (unpaired) electrons. The van der Waals surface area contributed by atoms with Crippen LogP contribution in [0.3, 0.4) is 0 Å². The van der Waals surface area contributed by atoms with E-state index in [1.807, 2.05) is 25.1 Å². The summed E-state index contributed by atoms with van der Waals surface area (Å²) in [5, 5.41) is 0. The molecule has 2 nitrogen and oxygen atoms in total. The summed E-state index contributed by atoms with van der Waals surface area (Å²) < 4.78 is 19.1. The van der Waals surface area contributed by atoms with Gasteiger partial charge in [-0.15, -0.1) is 0 Å². The van der Waals surface area contributed by atoms with Gasteiger partial charge in [0.25, 0.3) is 0 Å². The van der Waals surface area contributed by atoms with Crippen molar-refractivity contribution in [1.82, 2.24) is 0 Å². The van der Waals surface area contributed by atoms with Gasteiger partial charge in [-0.3, -0.25) is 4.79 Å². The summed E-state index contributed by atoms with van der Waals surface area (Å²) in [5.41, 5.74) is 1.89. The predicted octanol–water partition coefficient (Wildman–Crippen LogP) is 4.09. The van der Waals surface area contributed by atoms with E-state index < -0.39 is 0 Å². The van der Waals surface area contributed by atoms with Gasteiger partial charge in [-0.25, -0.2) is 4.39 Å². The van der Waals surface area contributed by atoms with Crippen LogP contribution in [0.2, 0.25) is 0 Å². The Morgan fingerprint density at radius 1 is 1.20 bits per heavy atom. The maximum absolute atomic E-state index is 12.8. The second-order valence-electron chi connectivity index (χ2n) is 4.56. The van der Waals surface area contributed by atoms with Crippen LogP contribution in [0, 0.1) is 12.7 Å². The first-order valence-corrected chi connectivity index (χ1v) is 6.99. The molecule has 0 saturated carbocycles. The Balaban J connectivity index is 1.90. The number of rotatable bonds is 5. The Bertz CT molecular complexity index is 608. The molecule has 0 heterocycles. The first-order valence-electron chi connectivity index (χ1n) is 6.19. The Morgan fingerprint density at radius 3 is 2.55 bits per heavy atom. The van der Waals surface area contributed by atoms with E-state index in [1.54, 1.807) is 12.1 Å². The molecule has 0 aliphatic carbocycles. The summed E-state index contributed by atoms with van der Waals surface area (Å²) >= 11 is 3.39. The van der Waals surface area contributed by atoms with Crippen LogP contribution in [0.15, 0.2) is 46.9 Å². The van der Waals surface area contributed by atoms with Crippen molar-refractivity contribution in [3.63, 3.8) is 0 Å². The lowest BCUT2D eigenvalue weighted by Crippen LogP contribution is -2.14. The summed E-state index contributed by atoms with van der Waals surface area (Å²) in [6.45, 7) is 1.98. The number of carbonyl (C=O) groups is 1. The minimum absolute atomic E-state index is 0.000955. The monoisotopic (exact) mass is 336 g/mol. The van der Waals surface area contributed by atoms with E-state index in [-0.39, 0.29) is 24.6 Å². The summed E-state index contributed by atoms with van der Waals surface area (Å²) in [5.74, 6) is 0.285. The normalized spacial score (nSPS) is 10.3. The maximum Gasteiger partial charge on any atom is 0.174 e. The molecule has 2 rings (SSSR count). The number of halogens is 2. The highest BCUT2D eigenvalue weighted by atomic mass is 79.9. The first kappa shape index (κ1) is 14.7. The number of hydrogen-bond donors (Lipinski definition) is 0. The quantitative estimate of drug-likeness (QED) is 0.822. The van der Waals surface area contributed by atoms with Gasteiger partial charge >= 0.3 is 0 Å². The lowest BCUT2D eigenvalue weighted by atomic mass is 10.1. The van der Waals surface area contributed by atoms with Gasteiger partial charge in [-0.2, -0.15) is 0 Å². The third-order valence-corrected chi connectivity index (χ3v) is 3.41. The van der Waals surface area contributed by atoms with Crippen LogP contribution in [0.25, 0.3) is 0 Å². The van der Waals surface area contributed by atoms with Crippen LogP contribution < -0.4 is 4.74 Å². The van der Waals surface area contributed by atoms with Gasteiger partial charge in [0.05, 0.1) is 4.47 Å². The average molecular weight is 337 g/mol. The molecule has 0 aliphatic rings. The first-order chi connectivity index (χ1) is 9.54. The van der Waals surface area contributed by atoms with E-state index >= 15 is 0 Å². The summed E-state index contributed by atoms with van der Waals surface area (Å²) in [4.78, 5) is 11.8. The standard InChI is InChI=1S/C16H14BrFO2/c1-11-2-7-16(15(17)8-11)20-10-14(19)9-12-3-5-13(18)6-4-12/h2-8H,9-10H2,1H3. The number of ketones is 1. The Labute approximate surface area is 125 Å². The van der Waals surface area contributed by atoms with E-state index in [0.717, 1.165) is 15.6 Å². The van der Waals surface area contributed by atoms with Gasteiger partial charge in [0, 0.05) is 6.42 Å². The Kier molecular flexibility index (Phi) is 4.90. The molecule has 0 spiro atoms. The fourth-order valence-electron chi connectivity index (χ4n) is 1.76. The van der Waals surface area contributed by atoms with Crippen molar-refractivity contribution in [2.45, 2.75) is 13.3 Å². The minimum atomic E-state index is -0.305. The highest BCUT2D eigenvalue weighted by Crippen LogP contribution is 2.25. The molecule has 4 heteroatoms. The number of Topliss-reactive ketones (excluding diaryl/α,β-unsaturated/α-hetero) is 1. The van der Waals surface area contributed by atoms with Crippen LogP contribution in [0.5, 0.6) is 5.75 Å². The molecule has 0 unspecified atom stereocenters. The van der Waals surface area contributed by atoms with Crippen LogP contribution in [0.4, 0.5) is 4.39 Å². The molecule has 0 saturated heterocycles. The summed E-state index contributed by atoms with van der Waals surface area (Å²) in [7, 11) is 0. The van der Waals surface area contributed by atoms with Crippen molar-refractivity contribution in [2.75, 3.05) is 6.61 Å². The second-order valence-corrected chi connectivity index (χ2v) is 5.42. The lowest BCUT2D eigenvalue weighted by Gasteiger charge is -2.08. The van der Waals surface area contributed by atoms with Crippen molar-refractivity contribution >= 4 is 21.7 Å². The molecule has 0 amide bonds. The summed E-state index contributed by atoms with van der Waals surface area (Å²) in [6.07, 6.45) is 0.240. The van der Waals surface area contributed by atoms with Crippen molar-refractivity contribution in [3.05, 3.63) is 63.9 Å². The van der Waals surface area contributed by atoms with Crippen molar-refractivity contribution < 1.29 is 13.9 Å². The van der Waals surface area contributed by atoms with Gasteiger partial charge in [0.2, 0.25) is 0 Å². The predicted molar refractivity (Wildman–Crippen MR) is 79.5 cm³/mol. The zero-order valence-electron chi connectivity index (χ0n) is 11.0. The zero-order valence-corrected chi connectivity index (χ0v) is 12.6. The smallest absolute Gasteiger partial charge is 0.174 e. The molecule has 0 fully saturated rings. The summed E-state index contributed by atoms with van der Waals surface area (Å²) in [6, 6.07) is 11.6. The molecule has 0 aromatic heterocycles. The maximum atomic E-state index is 12.8. The molecule has 104 valence electrons. The topological polar surface area (TPSA) is 26.3 Å². The minimum Gasteiger partial charge on any atom is -0.485 e. The number of ether oxygens (including phenoxy) is 1. The van der Waals surface area contributed by atoms with E-state index in [4.69, 9.17) is 4.74 Å². The van der Waals surface area contributed by atoms with Gasteiger partial charge in [0.1, 0.15) is 18.2 Å². The Morgan fingerprint density at radius 2 is 1.90 bits per heavy atom. The third kappa shape index (κ3) is 4.17. The Hall–Kier alpha value is -1.68. The van der Waals surface area contributed by atoms with Gasteiger partial charge in [-0.1, -0.05) is 18.2 Å². The highest BCUT2D eigenvalue weighted by Gasteiger charge is 2.07. The van der Waals surface area contributed by atoms with Crippen molar-refractivity contribution in [3.8, 4) is 5.75 Å². The van der Waals surface area contributed by atoms with Gasteiger partial charge in [-0.05, 0) is 58.2 Å². The number of carbonyl (C=O) groups excluding carboxylic acids is 1. The van der Waals surface area contributed by atoms with Gasteiger partial charge in [0.15, 0.2) is 5.78 Å². The van der Waals surface area contributed by atoms with Crippen LogP contribution in [-0.4, -0.2) is 12.4 Å². The van der Waals surface area contributed by atoms with Crippen LogP contribution in [-0.2, 0) is 11.2 Å². The van der Waals surface area contributed by atoms with E-state index in [9.17, 15) is 9.18 Å². The van der Waals surface area contributed by atoms with Crippen LogP contribution >= 0.6 is 15.9 Å². The number of benzene rings is 2. The molecule has 0 N–H and O–H groups in total.